The van der Waals surface area contributed by atoms with Crippen LogP contribution in [0.15, 0.2) is 48.7 Å². The molecule has 0 fully saturated rings. The maximum absolute atomic E-state index is 14.1. The van der Waals surface area contributed by atoms with E-state index in [1.807, 2.05) is 31.2 Å². The molecular weight excluding hydrogens is 402 g/mol. The molecule has 1 atom stereocenters. The number of anilines is 2. The molecule has 0 bridgehead atoms. The fourth-order valence-corrected chi connectivity index (χ4v) is 4.29. The standard InChI is InChI=1S/C23H18F2N4O2/c1-12-4-2-3-5-14(12)20-19-17(6-8-26-21(19)22(30)28-20)27-23(31)29-9-7-15-16(25)10-13(24)11-18(15)29/h2-6,8,10-11,20H,7,9H2,1H3,(H,28,30)(H,26,27,31). The van der Waals surface area contributed by atoms with Gasteiger partial charge in [-0.1, -0.05) is 24.3 Å². The molecule has 2 aliphatic heterocycles. The molecule has 2 N–H and O–H groups in total. The number of nitrogens with one attached hydrogen (secondary N) is 2. The third-order valence-corrected chi connectivity index (χ3v) is 5.77. The van der Waals surface area contributed by atoms with Gasteiger partial charge in [0.2, 0.25) is 0 Å². The van der Waals surface area contributed by atoms with Crippen molar-refractivity contribution in [3.05, 3.63) is 88.2 Å². The van der Waals surface area contributed by atoms with E-state index in [4.69, 9.17) is 0 Å². The number of pyridine rings is 1. The van der Waals surface area contributed by atoms with Crippen molar-refractivity contribution < 1.29 is 18.4 Å². The molecular formula is C23H18F2N4O2. The van der Waals surface area contributed by atoms with Gasteiger partial charge in [-0.15, -0.1) is 0 Å². The van der Waals surface area contributed by atoms with E-state index in [0.29, 0.717) is 23.2 Å². The smallest absolute Gasteiger partial charge is 0.326 e. The number of carbonyl (C=O) groups is 2. The number of urea groups is 1. The van der Waals surface area contributed by atoms with E-state index in [-0.39, 0.29) is 23.8 Å². The molecule has 3 amide bonds. The number of benzene rings is 2. The Bertz CT molecular complexity index is 1240. The van der Waals surface area contributed by atoms with Crippen molar-refractivity contribution in [3.8, 4) is 0 Å². The van der Waals surface area contributed by atoms with Gasteiger partial charge in [0.25, 0.3) is 5.91 Å². The Kier molecular flexibility index (Phi) is 4.43. The minimum atomic E-state index is -0.741. The van der Waals surface area contributed by atoms with Crippen LogP contribution in [0, 0.1) is 18.6 Å². The largest absolute Gasteiger partial charge is 0.340 e. The van der Waals surface area contributed by atoms with Crippen molar-refractivity contribution in [3.63, 3.8) is 0 Å². The lowest BCUT2D eigenvalue weighted by molar-refractivity contribution is 0.0956. The van der Waals surface area contributed by atoms with Crippen molar-refractivity contribution in [1.29, 1.82) is 0 Å². The second kappa shape index (κ2) is 7.16. The van der Waals surface area contributed by atoms with Crippen LogP contribution in [0.25, 0.3) is 0 Å². The third kappa shape index (κ3) is 3.11. The van der Waals surface area contributed by atoms with Crippen LogP contribution >= 0.6 is 0 Å². The van der Waals surface area contributed by atoms with Gasteiger partial charge in [0.15, 0.2) is 0 Å². The van der Waals surface area contributed by atoms with E-state index in [2.05, 4.69) is 15.6 Å². The first-order valence-electron chi connectivity index (χ1n) is 9.86. The summed E-state index contributed by atoms with van der Waals surface area (Å²) in [7, 11) is 0. The van der Waals surface area contributed by atoms with Gasteiger partial charge in [-0.3, -0.25) is 14.7 Å². The fraction of sp³-hybridized carbons (Fsp3) is 0.174. The number of halogens is 2. The predicted octanol–water partition coefficient (Wildman–Crippen LogP) is 4.10. The van der Waals surface area contributed by atoms with Crippen LogP contribution in [0.1, 0.15) is 38.8 Å². The Morgan fingerprint density at radius 1 is 1.23 bits per heavy atom. The quantitative estimate of drug-likeness (QED) is 0.656. The number of aryl methyl sites for hydroxylation is 1. The molecule has 8 heteroatoms. The molecule has 2 aromatic carbocycles. The topological polar surface area (TPSA) is 74.3 Å². The van der Waals surface area contributed by atoms with E-state index in [1.165, 1.54) is 11.1 Å². The molecule has 6 nitrogen and oxygen atoms in total. The highest BCUT2D eigenvalue weighted by molar-refractivity contribution is 6.06. The van der Waals surface area contributed by atoms with Gasteiger partial charge in [-0.2, -0.15) is 0 Å². The van der Waals surface area contributed by atoms with Gasteiger partial charge in [0.1, 0.15) is 17.3 Å². The lowest BCUT2D eigenvalue weighted by atomic mass is 9.95. The number of fused-ring (bicyclic) bond motifs is 2. The van der Waals surface area contributed by atoms with Crippen LogP contribution in [0.3, 0.4) is 0 Å². The van der Waals surface area contributed by atoms with Crippen molar-refractivity contribution in [1.82, 2.24) is 10.3 Å². The average Bonchev–Trinajstić information content (AvgIpc) is 3.31. The van der Waals surface area contributed by atoms with Crippen LogP contribution in [-0.2, 0) is 6.42 Å². The summed E-state index contributed by atoms with van der Waals surface area (Å²) >= 11 is 0. The lowest BCUT2D eigenvalue weighted by Crippen LogP contribution is -2.34. The molecule has 0 aliphatic carbocycles. The van der Waals surface area contributed by atoms with Crippen molar-refractivity contribution >= 4 is 23.3 Å². The molecule has 0 saturated carbocycles. The van der Waals surface area contributed by atoms with E-state index in [9.17, 15) is 18.4 Å². The highest BCUT2D eigenvalue weighted by Crippen LogP contribution is 2.37. The van der Waals surface area contributed by atoms with Gasteiger partial charge < -0.3 is 10.6 Å². The molecule has 31 heavy (non-hydrogen) atoms. The summed E-state index contributed by atoms with van der Waals surface area (Å²) in [4.78, 5) is 31.1. The van der Waals surface area contributed by atoms with E-state index in [0.717, 1.165) is 23.3 Å². The molecule has 1 unspecified atom stereocenters. The van der Waals surface area contributed by atoms with Crippen LogP contribution in [0.5, 0.6) is 0 Å². The molecule has 0 radical (unpaired) electrons. The second-order valence-electron chi connectivity index (χ2n) is 7.60. The maximum atomic E-state index is 14.1. The zero-order chi connectivity index (χ0) is 21.7. The highest BCUT2D eigenvalue weighted by atomic mass is 19.1. The Morgan fingerprint density at radius 3 is 2.84 bits per heavy atom. The summed E-state index contributed by atoms with van der Waals surface area (Å²) in [6.45, 7) is 2.17. The van der Waals surface area contributed by atoms with Gasteiger partial charge in [-0.25, -0.2) is 13.6 Å². The van der Waals surface area contributed by atoms with Crippen LogP contribution in [0.4, 0.5) is 25.0 Å². The first-order chi connectivity index (χ1) is 14.9. The van der Waals surface area contributed by atoms with E-state index in [1.54, 1.807) is 6.07 Å². The zero-order valence-corrected chi connectivity index (χ0v) is 16.6. The third-order valence-electron chi connectivity index (χ3n) is 5.77. The molecule has 5 rings (SSSR count). The Morgan fingerprint density at radius 2 is 2.03 bits per heavy atom. The van der Waals surface area contributed by atoms with Gasteiger partial charge in [-0.05, 0) is 36.6 Å². The monoisotopic (exact) mass is 420 g/mol. The predicted molar refractivity (Wildman–Crippen MR) is 111 cm³/mol. The van der Waals surface area contributed by atoms with Crippen LogP contribution in [-0.4, -0.2) is 23.5 Å². The van der Waals surface area contributed by atoms with Gasteiger partial charge in [0, 0.05) is 29.9 Å². The lowest BCUT2D eigenvalue weighted by Gasteiger charge is -2.21. The molecule has 1 aromatic heterocycles. The van der Waals surface area contributed by atoms with E-state index < -0.39 is 23.7 Å². The summed E-state index contributed by atoms with van der Waals surface area (Å²) in [5.74, 6) is -1.73. The zero-order valence-electron chi connectivity index (χ0n) is 16.6. The Balaban J connectivity index is 1.51. The number of hydrogen-bond acceptors (Lipinski definition) is 3. The first-order valence-corrected chi connectivity index (χ1v) is 9.86. The second-order valence-corrected chi connectivity index (χ2v) is 7.60. The molecule has 0 spiro atoms. The van der Waals surface area contributed by atoms with Gasteiger partial charge >= 0.3 is 6.03 Å². The molecule has 156 valence electrons. The highest BCUT2D eigenvalue weighted by Gasteiger charge is 2.35. The minimum Gasteiger partial charge on any atom is -0.340 e. The number of aromatic nitrogens is 1. The van der Waals surface area contributed by atoms with Crippen LogP contribution < -0.4 is 15.5 Å². The Hall–Kier alpha value is -3.81. The normalized spacial score (nSPS) is 16.7. The molecule has 0 saturated heterocycles. The molecule has 3 aromatic rings. The maximum Gasteiger partial charge on any atom is 0.326 e. The average molecular weight is 420 g/mol. The molecule has 2 aliphatic rings. The number of hydrogen-bond donors (Lipinski definition) is 2. The summed E-state index contributed by atoms with van der Waals surface area (Å²) in [5, 5.41) is 5.74. The molecule has 3 heterocycles. The SMILES string of the molecule is Cc1ccccc1C1NC(=O)c2nccc(NC(=O)N3CCc4c(F)cc(F)cc43)c21. The number of rotatable bonds is 2. The number of amides is 3. The first kappa shape index (κ1) is 19.2. The van der Waals surface area contributed by atoms with Crippen LogP contribution in [0.2, 0.25) is 0 Å². The van der Waals surface area contributed by atoms with E-state index >= 15 is 0 Å². The van der Waals surface area contributed by atoms with Crippen molar-refractivity contribution in [2.45, 2.75) is 19.4 Å². The summed E-state index contributed by atoms with van der Waals surface area (Å²) < 4.78 is 27.8. The number of carbonyl (C=O) groups excluding carboxylic acids is 2. The fourth-order valence-electron chi connectivity index (χ4n) is 4.29. The number of nitrogens with zero attached hydrogens (tertiary/aromatic N) is 2. The van der Waals surface area contributed by atoms with Crippen molar-refractivity contribution in [2.24, 2.45) is 0 Å². The summed E-state index contributed by atoms with van der Waals surface area (Å²) in [5.41, 5.74) is 3.64. The summed E-state index contributed by atoms with van der Waals surface area (Å²) in [6, 6.07) is 10.2. The minimum absolute atomic E-state index is 0.213. The van der Waals surface area contributed by atoms with Gasteiger partial charge in [0.05, 0.1) is 17.4 Å². The van der Waals surface area contributed by atoms with Crippen molar-refractivity contribution in [2.75, 3.05) is 16.8 Å². The summed E-state index contributed by atoms with van der Waals surface area (Å²) in [6.07, 6.45) is 1.75. The Labute approximate surface area is 176 Å².